The fourth-order valence-electron chi connectivity index (χ4n) is 1.79. The van der Waals surface area contributed by atoms with Crippen LogP contribution in [0.4, 0.5) is 0 Å². The van der Waals surface area contributed by atoms with Gasteiger partial charge in [0, 0.05) is 6.42 Å². The number of aliphatic hydroxyl groups excluding tert-OH is 4. The zero-order chi connectivity index (χ0) is 20.6. The Hall–Kier alpha value is -1.55. The van der Waals surface area contributed by atoms with Gasteiger partial charge in [0.25, 0.3) is 0 Å². The molecule has 0 amide bonds. The van der Waals surface area contributed by atoms with Gasteiger partial charge in [-0.3, -0.25) is 14.4 Å². The quantitative estimate of drug-likeness (QED) is 0.315. The summed E-state index contributed by atoms with van der Waals surface area (Å²) < 4.78 is 10.2. The Morgan fingerprint density at radius 3 is 1.23 bits per heavy atom. The normalized spacial score (nSPS) is 12.6. The molecule has 0 heterocycles. The number of ether oxygens (including phenoxy) is 2. The van der Waals surface area contributed by atoms with E-state index in [-0.39, 0.29) is 12.2 Å². The van der Waals surface area contributed by atoms with E-state index in [1.165, 1.54) is 20.8 Å². The van der Waals surface area contributed by atoms with Crippen LogP contribution in [0, 0.1) is 16.2 Å². The van der Waals surface area contributed by atoms with E-state index in [9.17, 15) is 34.8 Å². The largest absolute Gasteiger partial charge is 0.464 e. The van der Waals surface area contributed by atoms with E-state index in [0.717, 1.165) is 0 Å². The summed E-state index contributed by atoms with van der Waals surface area (Å²) >= 11 is 0. The number of hydrogen-bond donors (Lipinski definition) is 4. The zero-order valence-corrected chi connectivity index (χ0v) is 15.8. The van der Waals surface area contributed by atoms with E-state index in [2.05, 4.69) is 0 Å². The zero-order valence-electron chi connectivity index (χ0n) is 15.8. The molecule has 0 bridgehead atoms. The van der Waals surface area contributed by atoms with E-state index >= 15 is 0 Å². The fraction of sp³-hybridized carbons (Fsp3) is 0.824. The standard InChI is InChI=1S/C17H30O9/c1-5-12(22)17(4,10-25-13(23)15(2,6-18)7-19)11-26-14(24)16(3,8-20)9-21/h18-21H,5-11H2,1-4H3. The number of ketones is 1. The first kappa shape index (κ1) is 24.5. The van der Waals surface area contributed by atoms with Crippen LogP contribution in [-0.4, -0.2) is 77.8 Å². The summed E-state index contributed by atoms with van der Waals surface area (Å²) in [6.45, 7) is 2.27. The number of carbonyl (C=O) groups excluding carboxylic acids is 3. The Balaban J connectivity index is 5.16. The summed E-state index contributed by atoms with van der Waals surface area (Å²) in [5, 5.41) is 36.9. The third kappa shape index (κ3) is 5.73. The van der Waals surface area contributed by atoms with Gasteiger partial charge in [-0.05, 0) is 20.8 Å². The Kier molecular flexibility index (Phi) is 9.36. The highest BCUT2D eigenvalue weighted by atomic mass is 16.6. The molecule has 0 fully saturated rings. The smallest absolute Gasteiger partial charge is 0.316 e. The highest BCUT2D eigenvalue weighted by Gasteiger charge is 2.41. The number of rotatable bonds is 12. The van der Waals surface area contributed by atoms with E-state index < -0.39 is 67.8 Å². The van der Waals surface area contributed by atoms with Crippen molar-refractivity contribution in [2.45, 2.75) is 34.1 Å². The molecule has 0 saturated carbocycles. The van der Waals surface area contributed by atoms with Gasteiger partial charge in [0.15, 0.2) is 0 Å². The Bertz CT molecular complexity index is 458. The van der Waals surface area contributed by atoms with Crippen LogP contribution in [0.5, 0.6) is 0 Å². The van der Waals surface area contributed by atoms with Gasteiger partial charge in [-0.2, -0.15) is 0 Å². The lowest BCUT2D eigenvalue weighted by Crippen LogP contribution is -2.44. The van der Waals surface area contributed by atoms with Crippen molar-refractivity contribution in [1.82, 2.24) is 0 Å². The summed E-state index contributed by atoms with van der Waals surface area (Å²) in [5.74, 6) is -2.11. The van der Waals surface area contributed by atoms with Gasteiger partial charge < -0.3 is 29.9 Å². The number of esters is 2. The van der Waals surface area contributed by atoms with Crippen molar-refractivity contribution >= 4 is 17.7 Å². The Morgan fingerprint density at radius 2 is 1.00 bits per heavy atom. The minimum absolute atomic E-state index is 0.0974. The molecule has 0 atom stereocenters. The van der Waals surface area contributed by atoms with Crippen molar-refractivity contribution < 1.29 is 44.3 Å². The predicted molar refractivity (Wildman–Crippen MR) is 89.9 cm³/mol. The van der Waals surface area contributed by atoms with Crippen LogP contribution in [0.3, 0.4) is 0 Å². The molecule has 0 aliphatic rings. The van der Waals surface area contributed by atoms with Gasteiger partial charge >= 0.3 is 11.9 Å². The molecule has 152 valence electrons. The molecule has 0 radical (unpaired) electrons. The summed E-state index contributed by atoms with van der Waals surface area (Å²) in [5.41, 5.74) is -4.38. The van der Waals surface area contributed by atoms with Crippen LogP contribution >= 0.6 is 0 Å². The second-order valence-electron chi connectivity index (χ2n) is 7.24. The highest BCUT2D eigenvalue weighted by molar-refractivity contribution is 5.86. The van der Waals surface area contributed by atoms with Crippen molar-refractivity contribution in [1.29, 1.82) is 0 Å². The molecule has 0 spiro atoms. The second kappa shape index (κ2) is 9.96. The number of hydrogen-bond acceptors (Lipinski definition) is 9. The van der Waals surface area contributed by atoms with Crippen LogP contribution in [0.1, 0.15) is 34.1 Å². The molecule has 0 aromatic carbocycles. The topological polar surface area (TPSA) is 151 Å². The molecule has 0 aliphatic heterocycles. The first-order valence-electron chi connectivity index (χ1n) is 8.29. The van der Waals surface area contributed by atoms with Crippen LogP contribution in [0.2, 0.25) is 0 Å². The Labute approximate surface area is 152 Å². The molecule has 9 nitrogen and oxygen atoms in total. The molecule has 0 aromatic heterocycles. The molecular formula is C17H30O9. The minimum atomic E-state index is -1.51. The van der Waals surface area contributed by atoms with Gasteiger partial charge in [-0.1, -0.05) is 6.92 Å². The van der Waals surface area contributed by atoms with Crippen molar-refractivity contribution in [3.63, 3.8) is 0 Å². The SMILES string of the molecule is CCC(=O)C(C)(COC(=O)C(C)(CO)CO)COC(=O)C(C)(CO)CO. The lowest BCUT2D eigenvalue weighted by Gasteiger charge is -2.31. The van der Waals surface area contributed by atoms with Crippen molar-refractivity contribution in [2.24, 2.45) is 16.2 Å². The first-order valence-corrected chi connectivity index (χ1v) is 8.29. The molecule has 0 unspecified atom stereocenters. The van der Waals surface area contributed by atoms with Crippen LogP contribution < -0.4 is 0 Å². The van der Waals surface area contributed by atoms with E-state index in [4.69, 9.17) is 9.47 Å². The van der Waals surface area contributed by atoms with Gasteiger partial charge in [0.1, 0.15) is 29.8 Å². The maximum Gasteiger partial charge on any atom is 0.316 e. The van der Waals surface area contributed by atoms with Crippen molar-refractivity contribution in [3.05, 3.63) is 0 Å². The average Bonchev–Trinajstić information content (AvgIpc) is 2.67. The number of aliphatic hydroxyl groups is 4. The maximum absolute atomic E-state index is 12.3. The Morgan fingerprint density at radius 1 is 0.692 bits per heavy atom. The third-order valence-electron chi connectivity index (χ3n) is 4.42. The van der Waals surface area contributed by atoms with Crippen molar-refractivity contribution in [2.75, 3.05) is 39.6 Å². The predicted octanol–water partition coefficient (Wildman–Crippen LogP) is -0.960. The molecule has 4 N–H and O–H groups in total. The van der Waals surface area contributed by atoms with Gasteiger partial charge in [0.2, 0.25) is 0 Å². The highest BCUT2D eigenvalue weighted by Crippen LogP contribution is 2.26. The molecule has 26 heavy (non-hydrogen) atoms. The van der Waals surface area contributed by atoms with E-state index in [1.54, 1.807) is 6.92 Å². The molecule has 0 saturated heterocycles. The van der Waals surface area contributed by atoms with E-state index in [1.807, 2.05) is 0 Å². The number of Topliss-reactive ketones (excluding diaryl/α,β-unsaturated/α-hetero) is 1. The molecule has 0 rings (SSSR count). The second-order valence-corrected chi connectivity index (χ2v) is 7.24. The van der Waals surface area contributed by atoms with Crippen LogP contribution in [0.15, 0.2) is 0 Å². The lowest BCUT2D eigenvalue weighted by molar-refractivity contribution is -0.171. The van der Waals surface area contributed by atoms with Gasteiger partial charge in [-0.25, -0.2) is 0 Å². The average molecular weight is 378 g/mol. The monoisotopic (exact) mass is 378 g/mol. The molecule has 0 aromatic rings. The van der Waals surface area contributed by atoms with Gasteiger partial charge in [0.05, 0.1) is 31.8 Å². The van der Waals surface area contributed by atoms with E-state index in [0.29, 0.717) is 0 Å². The lowest BCUT2D eigenvalue weighted by atomic mass is 9.85. The summed E-state index contributed by atoms with van der Waals surface area (Å²) in [6, 6.07) is 0. The van der Waals surface area contributed by atoms with Crippen molar-refractivity contribution in [3.8, 4) is 0 Å². The van der Waals surface area contributed by atoms with Gasteiger partial charge in [-0.15, -0.1) is 0 Å². The fourth-order valence-corrected chi connectivity index (χ4v) is 1.79. The maximum atomic E-state index is 12.3. The van der Waals surface area contributed by atoms with Crippen LogP contribution in [0.25, 0.3) is 0 Å². The number of carbonyl (C=O) groups is 3. The first-order chi connectivity index (χ1) is 12.0. The molecular weight excluding hydrogens is 348 g/mol. The van der Waals surface area contributed by atoms with Crippen LogP contribution in [-0.2, 0) is 23.9 Å². The summed E-state index contributed by atoms with van der Waals surface area (Å²) in [7, 11) is 0. The molecule has 9 heteroatoms. The molecule has 0 aliphatic carbocycles. The summed E-state index contributed by atoms with van der Waals surface area (Å²) in [6.07, 6.45) is 0.0974. The third-order valence-corrected chi connectivity index (χ3v) is 4.42. The summed E-state index contributed by atoms with van der Waals surface area (Å²) in [4.78, 5) is 36.4. The minimum Gasteiger partial charge on any atom is -0.464 e.